The van der Waals surface area contributed by atoms with Crippen LogP contribution in [-0.4, -0.2) is 21.1 Å². The summed E-state index contributed by atoms with van der Waals surface area (Å²) in [6, 6.07) is 0.787. The lowest BCUT2D eigenvalue weighted by atomic mass is 10.2. The number of nitrogens with one attached hydrogen (secondary N) is 1. The number of fused-ring (bicyclic) bond motifs is 1. The Kier molecular flexibility index (Phi) is 1.77. The van der Waals surface area contributed by atoms with Gasteiger partial charge in [-0.2, -0.15) is 5.10 Å². The molecule has 4 nitrogen and oxygen atoms in total. The highest BCUT2D eigenvalue weighted by molar-refractivity contribution is 5.43. The van der Waals surface area contributed by atoms with Crippen molar-refractivity contribution < 1.29 is 0 Å². The molecule has 1 aliphatic carbocycles. The van der Waals surface area contributed by atoms with Crippen molar-refractivity contribution in [1.82, 2.24) is 15.1 Å². The van der Waals surface area contributed by atoms with Gasteiger partial charge in [-0.05, 0) is 12.8 Å². The highest BCUT2D eigenvalue weighted by Gasteiger charge is 2.30. The van der Waals surface area contributed by atoms with Gasteiger partial charge in [0, 0.05) is 24.7 Å². The smallest absolute Gasteiger partial charge is 0.150 e. The predicted octanol–water partition coefficient (Wildman–Crippen LogP) is 1.25. The van der Waals surface area contributed by atoms with E-state index in [2.05, 4.69) is 15.1 Å². The first-order chi connectivity index (χ1) is 6.84. The molecule has 1 aromatic heterocycles. The van der Waals surface area contributed by atoms with Crippen LogP contribution in [0, 0.1) is 0 Å². The third-order valence-electron chi connectivity index (χ3n) is 3.55. The molecular formula is C10H16N4. The lowest BCUT2D eigenvalue weighted by Crippen LogP contribution is -2.28. The molecule has 4 heteroatoms. The van der Waals surface area contributed by atoms with Crippen molar-refractivity contribution in [3.63, 3.8) is 0 Å². The van der Waals surface area contributed by atoms with Gasteiger partial charge in [-0.1, -0.05) is 12.8 Å². The molecular weight excluding hydrogens is 176 g/mol. The van der Waals surface area contributed by atoms with Crippen LogP contribution in [-0.2, 0) is 13.1 Å². The van der Waals surface area contributed by atoms with Crippen LogP contribution < -0.4 is 5.73 Å². The molecule has 1 aliphatic heterocycles. The second kappa shape index (κ2) is 2.98. The number of hydrogen-bond acceptors (Lipinski definition) is 3. The normalized spacial score (nSPS) is 23.1. The second-order valence-corrected chi connectivity index (χ2v) is 4.41. The first-order valence-electron chi connectivity index (χ1n) is 5.40. The molecule has 1 aromatic rings. The van der Waals surface area contributed by atoms with Crippen LogP contribution in [0.3, 0.4) is 0 Å². The van der Waals surface area contributed by atoms with Crippen molar-refractivity contribution in [1.29, 1.82) is 0 Å². The zero-order valence-corrected chi connectivity index (χ0v) is 8.29. The van der Waals surface area contributed by atoms with Gasteiger partial charge in [0.05, 0.1) is 5.69 Å². The quantitative estimate of drug-likeness (QED) is 0.704. The maximum atomic E-state index is 5.78. The van der Waals surface area contributed by atoms with Crippen LogP contribution in [0.2, 0.25) is 0 Å². The molecule has 0 spiro atoms. The summed E-state index contributed by atoms with van der Waals surface area (Å²) in [6.07, 6.45) is 5.50. The monoisotopic (exact) mass is 192 g/mol. The van der Waals surface area contributed by atoms with Crippen LogP contribution in [0.5, 0.6) is 0 Å². The molecule has 0 bridgehead atoms. The molecule has 1 saturated carbocycles. The minimum atomic E-state index is 0.695. The summed E-state index contributed by atoms with van der Waals surface area (Å²) in [5.41, 5.74) is 8.25. The maximum absolute atomic E-state index is 5.78. The standard InChI is InChI=1S/C10H16N4/c11-10-8-5-14(6-9(8)12-13-10)7-3-1-2-4-7/h7H,1-6H2,(H3,11,12,13). The molecule has 2 aliphatic rings. The molecule has 0 saturated heterocycles. The van der Waals surface area contributed by atoms with Crippen LogP contribution in [0.4, 0.5) is 5.82 Å². The maximum Gasteiger partial charge on any atom is 0.150 e. The predicted molar refractivity (Wildman–Crippen MR) is 54.5 cm³/mol. The fourth-order valence-electron chi connectivity index (χ4n) is 2.71. The molecule has 3 rings (SSSR count). The highest BCUT2D eigenvalue weighted by atomic mass is 15.3. The summed E-state index contributed by atoms with van der Waals surface area (Å²) in [7, 11) is 0. The minimum absolute atomic E-state index is 0.695. The molecule has 0 atom stereocenters. The Hall–Kier alpha value is -1.03. The average molecular weight is 192 g/mol. The first kappa shape index (κ1) is 8.29. The zero-order chi connectivity index (χ0) is 9.54. The number of H-pyrrole nitrogens is 1. The summed E-state index contributed by atoms with van der Waals surface area (Å²) in [6.45, 7) is 2.02. The van der Waals surface area contributed by atoms with E-state index in [1.807, 2.05) is 0 Å². The van der Waals surface area contributed by atoms with E-state index in [0.717, 1.165) is 19.1 Å². The average Bonchev–Trinajstić information content (AvgIpc) is 2.83. The van der Waals surface area contributed by atoms with Gasteiger partial charge in [-0.25, -0.2) is 0 Å². The topological polar surface area (TPSA) is 57.9 Å². The summed E-state index contributed by atoms with van der Waals surface area (Å²) < 4.78 is 0. The SMILES string of the molecule is Nc1n[nH]c2c1CN(C1CCCC1)C2. The first-order valence-corrected chi connectivity index (χ1v) is 5.40. The fourth-order valence-corrected chi connectivity index (χ4v) is 2.71. The van der Waals surface area contributed by atoms with Crippen molar-refractivity contribution in [2.24, 2.45) is 0 Å². The van der Waals surface area contributed by atoms with Gasteiger partial charge in [-0.3, -0.25) is 10.00 Å². The molecule has 76 valence electrons. The van der Waals surface area contributed by atoms with Gasteiger partial charge >= 0.3 is 0 Å². The van der Waals surface area contributed by atoms with Crippen LogP contribution in [0.1, 0.15) is 36.9 Å². The Bertz CT molecular complexity index is 338. The van der Waals surface area contributed by atoms with Gasteiger partial charge in [-0.15, -0.1) is 0 Å². The number of aromatic nitrogens is 2. The van der Waals surface area contributed by atoms with Crippen molar-refractivity contribution >= 4 is 5.82 Å². The summed E-state index contributed by atoms with van der Waals surface area (Å²) in [5.74, 6) is 0.695. The second-order valence-electron chi connectivity index (χ2n) is 4.41. The third-order valence-corrected chi connectivity index (χ3v) is 3.55. The number of anilines is 1. The van der Waals surface area contributed by atoms with Gasteiger partial charge < -0.3 is 5.73 Å². The van der Waals surface area contributed by atoms with E-state index >= 15 is 0 Å². The Morgan fingerprint density at radius 3 is 2.79 bits per heavy atom. The van der Waals surface area contributed by atoms with E-state index in [-0.39, 0.29) is 0 Å². The van der Waals surface area contributed by atoms with E-state index < -0.39 is 0 Å². The molecule has 0 amide bonds. The van der Waals surface area contributed by atoms with Crippen molar-refractivity contribution in [2.45, 2.75) is 44.8 Å². The number of nitrogen functional groups attached to an aromatic ring is 1. The van der Waals surface area contributed by atoms with Gasteiger partial charge in [0.15, 0.2) is 0 Å². The number of nitrogens with two attached hydrogens (primary N) is 1. The third kappa shape index (κ3) is 1.14. The summed E-state index contributed by atoms with van der Waals surface area (Å²) in [4.78, 5) is 2.53. The number of rotatable bonds is 1. The van der Waals surface area contributed by atoms with Crippen LogP contribution in [0.15, 0.2) is 0 Å². The van der Waals surface area contributed by atoms with E-state index in [0.29, 0.717) is 5.82 Å². The highest BCUT2D eigenvalue weighted by Crippen LogP contribution is 2.32. The van der Waals surface area contributed by atoms with Crippen molar-refractivity contribution in [3.8, 4) is 0 Å². The Balaban J connectivity index is 1.77. The Morgan fingerprint density at radius 2 is 2.07 bits per heavy atom. The molecule has 2 heterocycles. The van der Waals surface area contributed by atoms with E-state index in [1.165, 1.54) is 36.9 Å². The van der Waals surface area contributed by atoms with E-state index in [1.54, 1.807) is 0 Å². The van der Waals surface area contributed by atoms with Crippen molar-refractivity contribution in [3.05, 3.63) is 11.3 Å². The molecule has 0 aromatic carbocycles. The molecule has 0 unspecified atom stereocenters. The van der Waals surface area contributed by atoms with Gasteiger partial charge in [0.2, 0.25) is 0 Å². The number of aromatic amines is 1. The lowest BCUT2D eigenvalue weighted by Gasteiger charge is -2.22. The van der Waals surface area contributed by atoms with Gasteiger partial charge in [0.1, 0.15) is 5.82 Å². The summed E-state index contributed by atoms with van der Waals surface area (Å²) >= 11 is 0. The lowest BCUT2D eigenvalue weighted by molar-refractivity contribution is 0.200. The molecule has 0 radical (unpaired) electrons. The Morgan fingerprint density at radius 1 is 1.29 bits per heavy atom. The number of hydrogen-bond donors (Lipinski definition) is 2. The van der Waals surface area contributed by atoms with E-state index in [4.69, 9.17) is 5.73 Å². The van der Waals surface area contributed by atoms with Crippen molar-refractivity contribution in [2.75, 3.05) is 5.73 Å². The van der Waals surface area contributed by atoms with Gasteiger partial charge in [0.25, 0.3) is 0 Å². The summed E-state index contributed by atoms with van der Waals surface area (Å²) in [5, 5.41) is 7.05. The van der Waals surface area contributed by atoms with Crippen LogP contribution >= 0.6 is 0 Å². The Labute approximate surface area is 83.5 Å². The minimum Gasteiger partial charge on any atom is -0.382 e. The van der Waals surface area contributed by atoms with Crippen LogP contribution in [0.25, 0.3) is 0 Å². The number of nitrogens with zero attached hydrogens (tertiary/aromatic N) is 2. The fraction of sp³-hybridized carbons (Fsp3) is 0.700. The zero-order valence-electron chi connectivity index (χ0n) is 8.29. The largest absolute Gasteiger partial charge is 0.382 e. The molecule has 14 heavy (non-hydrogen) atoms. The van der Waals surface area contributed by atoms with E-state index in [9.17, 15) is 0 Å². The molecule has 1 fully saturated rings. The molecule has 3 N–H and O–H groups in total.